The van der Waals surface area contributed by atoms with Crippen LogP contribution in [-0.2, 0) is 33.0 Å². The Morgan fingerprint density at radius 2 is 1.07 bits per heavy atom. The average Bonchev–Trinajstić information content (AvgIpc) is 2.75. The van der Waals surface area contributed by atoms with Crippen LogP contribution in [0.3, 0.4) is 0 Å². The van der Waals surface area contributed by atoms with Crippen LogP contribution in [0.5, 0.6) is 0 Å². The zero-order chi connectivity index (χ0) is 23.0. The third-order valence-corrected chi connectivity index (χ3v) is 5.73. The minimum absolute atomic E-state index is 0.145. The van der Waals surface area contributed by atoms with Gasteiger partial charge in [0, 0.05) is 5.57 Å². The fourth-order valence-corrected chi connectivity index (χ4v) is 3.92. The van der Waals surface area contributed by atoms with Crippen molar-refractivity contribution >= 4 is 13.3 Å². The zero-order valence-electron chi connectivity index (χ0n) is 19.8. The Morgan fingerprint density at radius 3 is 1.37 bits per heavy atom. The monoisotopic (exact) mass is 449 g/mol. The molecule has 0 saturated carbocycles. The molecule has 0 bridgehead atoms. The third kappa shape index (κ3) is 9.63. The number of ether oxygens (including phenoxy) is 5. The molecule has 0 aliphatic heterocycles. The highest BCUT2D eigenvalue weighted by atomic mass is 31.1. The van der Waals surface area contributed by atoms with Gasteiger partial charge in [0.15, 0.2) is 0 Å². The Bertz CT molecular complexity index is 492. The summed E-state index contributed by atoms with van der Waals surface area (Å²) in [4.78, 5) is 12.7. The van der Waals surface area contributed by atoms with Crippen LogP contribution in [0.4, 0.5) is 0 Å². The molecular weight excluding hydrogens is 407 g/mol. The molecule has 8 heteroatoms. The molecule has 30 heavy (non-hydrogen) atoms. The van der Waals surface area contributed by atoms with E-state index in [1.807, 2.05) is 34.6 Å². The molecular formula is C22H42O7P+. The summed E-state index contributed by atoms with van der Waals surface area (Å²) in [5, 5.41) is 0. The van der Waals surface area contributed by atoms with E-state index in [9.17, 15) is 9.36 Å². The van der Waals surface area contributed by atoms with Crippen LogP contribution in [-0.4, -0.2) is 50.1 Å². The highest BCUT2D eigenvalue weighted by Crippen LogP contribution is 2.49. The first-order chi connectivity index (χ1) is 14.3. The Hall–Kier alpha value is -0.690. The second-order valence-electron chi connectivity index (χ2n) is 7.19. The number of hydrogen-bond donors (Lipinski definition) is 0. The van der Waals surface area contributed by atoms with Gasteiger partial charge in [0.1, 0.15) is 6.42 Å². The minimum Gasteiger partial charge on any atom is -0.327 e. The Kier molecular flexibility index (Phi) is 15.6. The molecule has 0 heterocycles. The number of allylic oxidation sites excluding steroid dienone is 1. The zero-order valence-corrected chi connectivity index (χ0v) is 20.7. The number of carbonyl (C=O) groups is 1. The van der Waals surface area contributed by atoms with Gasteiger partial charge in [-0.1, -0.05) is 45.8 Å². The van der Waals surface area contributed by atoms with Crippen molar-refractivity contribution in [1.82, 2.24) is 0 Å². The van der Waals surface area contributed by atoms with Crippen molar-refractivity contribution in [3.63, 3.8) is 0 Å². The van der Waals surface area contributed by atoms with E-state index < -0.39 is 24.8 Å². The Morgan fingerprint density at radius 1 is 0.733 bits per heavy atom. The average molecular weight is 450 g/mol. The van der Waals surface area contributed by atoms with Gasteiger partial charge in [0.05, 0.1) is 33.0 Å². The maximum atomic E-state index is 13.4. The third-order valence-electron chi connectivity index (χ3n) is 3.94. The summed E-state index contributed by atoms with van der Waals surface area (Å²) in [6, 6.07) is 0. The molecule has 0 rings (SSSR count). The first-order valence-electron chi connectivity index (χ1n) is 11.1. The van der Waals surface area contributed by atoms with Gasteiger partial charge in [-0.3, -0.25) is 0 Å². The van der Waals surface area contributed by atoms with Crippen molar-refractivity contribution in [3.8, 4) is 0 Å². The highest BCUT2D eigenvalue weighted by Gasteiger charge is 2.62. The lowest BCUT2D eigenvalue weighted by Crippen LogP contribution is -2.49. The van der Waals surface area contributed by atoms with E-state index >= 15 is 0 Å². The van der Waals surface area contributed by atoms with Crippen LogP contribution < -0.4 is 0 Å². The van der Waals surface area contributed by atoms with E-state index in [2.05, 4.69) is 6.58 Å². The first-order valence-corrected chi connectivity index (χ1v) is 12.4. The molecule has 0 aromatic rings. The minimum atomic E-state index is -2.63. The van der Waals surface area contributed by atoms with E-state index in [1.54, 1.807) is 0 Å². The first kappa shape index (κ1) is 29.3. The summed E-state index contributed by atoms with van der Waals surface area (Å²) in [7, 11) is -2.63. The lowest BCUT2D eigenvalue weighted by atomic mass is 10.3. The van der Waals surface area contributed by atoms with E-state index in [-0.39, 0.29) is 25.2 Å². The molecule has 0 aromatic heterocycles. The summed E-state index contributed by atoms with van der Waals surface area (Å²) in [6.07, 6.45) is 3.40. The molecule has 1 unspecified atom stereocenters. The fraction of sp³-hybridized carbons (Fsp3) is 0.864. The van der Waals surface area contributed by atoms with Gasteiger partial charge in [-0.05, 0) is 39.0 Å². The SMILES string of the molecule is C=C(C)C(=O)[P+](=O)C(CC(OCCC)(OCCC)OCCC)(OCCC)OCCC. The largest absolute Gasteiger partial charge is 0.486 e. The van der Waals surface area contributed by atoms with Crippen LogP contribution in [0.25, 0.3) is 0 Å². The van der Waals surface area contributed by atoms with Crippen molar-refractivity contribution < 1.29 is 33.0 Å². The molecule has 0 N–H and O–H groups in total. The summed E-state index contributed by atoms with van der Waals surface area (Å²) in [6.45, 7) is 16.6. The Labute approximate surface area is 183 Å². The van der Waals surface area contributed by atoms with Crippen molar-refractivity contribution in [2.45, 2.75) is 91.6 Å². The van der Waals surface area contributed by atoms with E-state index in [0.717, 1.165) is 19.3 Å². The fourth-order valence-electron chi connectivity index (χ4n) is 2.51. The van der Waals surface area contributed by atoms with E-state index in [1.165, 1.54) is 6.92 Å². The topological polar surface area (TPSA) is 80.3 Å². The summed E-state index contributed by atoms with van der Waals surface area (Å²) < 4.78 is 43.5. The predicted octanol–water partition coefficient (Wildman–Crippen LogP) is 5.75. The second kappa shape index (κ2) is 16.0. The van der Waals surface area contributed by atoms with Crippen molar-refractivity contribution in [1.29, 1.82) is 0 Å². The molecule has 1 atom stereocenters. The van der Waals surface area contributed by atoms with Gasteiger partial charge < -0.3 is 23.7 Å². The molecule has 0 aliphatic carbocycles. The molecule has 0 amide bonds. The number of carbonyl (C=O) groups excluding carboxylic acids is 1. The maximum Gasteiger partial charge on any atom is 0.486 e. The molecule has 7 nitrogen and oxygen atoms in total. The van der Waals surface area contributed by atoms with Gasteiger partial charge in [0.2, 0.25) is 0 Å². The highest BCUT2D eigenvalue weighted by molar-refractivity contribution is 7.65. The smallest absolute Gasteiger partial charge is 0.327 e. The number of rotatable bonds is 20. The van der Waals surface area contributed by atoms with Gasteiger partial charge >= 0.3 is 18.9 Å². The van der Waals surface area contributed by atoms with Crippen LogP contribution in [0.1, 0.15) is 80.1 Å². The second-order valence-corrected chi connectivity index (χ2v) is 8.87. The summed E-state index contributed by atoms with van der Waals surface area (Å²) >= 11 is 0. The molecule has 176 valence electrons. The van der Waals surface area contributed by atoms with Gasteiger partial charge in [-0.15, -0.1) is 0 Å². The van der Waals surface area contributed by atoms with E-state index in [0.29, 0.717) is 32.7 Å². The molecule has 0 aliphatic rings. The van der Waals surface area contributed by atoms with Crippen LogP contribution in [0.15, 0.2) is 12.2 Å². The molecule has 0 spiro atoms. The summed E-state index contributed by atoms with van der Waals surface area (Å²) in [5.74, 6) is -1.52. The van der Waals surface area contributed by atoms with E-state index in [4.69, 9.17) is 23.7 Å². The molecule has 0 fully saturated rings. The quantitative estimate of drug-likeness (QED) is 0.133. The van der Waals surface area contributed by atoms with Gasteiger partial charge in [0.25, 0.3) is 5.97 Å². The van der Waals surface area contributed by atoms with Gasteiger partial charge in [-0.25, -0.2) is 4.79 Å². The lowest BCUT2D eigenvalue weighted by molar-refractivity contribution is -0.404. The number of hydrogen-bond acceptors (Lipinski definition) is 7. The molecule has 0 saturated heterocycles. The standard InChI is InChI=1S/C22H42O7P/c1-8-13-25-21(26-14-9-2,27-15-10-3)18-22(28-16-11-4,29-17-12-5)30(24)20(23)19(6)7/h6,8-18H2,1-5,7H3/q+1. The van der Waals surface area contributed by atoms with Crippen LogP contribution in [0, 0.1) is 0 Å². The van der Waals surface area contributed by atoms with Crippen LogP contribution >= 0.6 is 7.80 Å². The normalized spacial score (nSPS) is 12.8. The van der Waals surface area contributed by atoms with Crippen molar-refractivity contribution in [2.24, 2.45) is 0 Å². The van der Waals surface area contributed by atoms with Gasteiger partial charge in [-0.2, -0.15) is 0 Å². The molecule has 0 radical (unpaired) electrons. The predicted molar refractivity (Wildman–Crippen MR) is 119 cm³/mol. The Balaban J connectivity index is 6.29. The van der Waals surface area contributed by atoms with Crippen LogP contribution in [0.2, 0.25) is 0 Å². The molecule has 0 aromatic carbocycles. The van der Waals surface area contributed by atoms with Crippen molar-refractivity contribution in [3.05, 3.63) is 12.2 Å². The van der Waals surface area contributed by atoms with Crippen molar-refractivity contribution in [2.75, 3.05) is 33.0 Å². The summed E-state index contributed by atoms with van der Waals surface area (Å²) in [5.41, 5.74) is -2.13. The maximum absolute atomic E-state index is 13.4. The lowest BCUT2D eigenvalue weighted by Gasteiger charge is -2.37.